The number of aryl methyl sites for hydroxylation is 1. The molecule has 21 heavy (non-hydrogen) atoms. The number of aromatic nitrogens is 1. The molecule has 1 saturated heterocycles. The van der Waals surface area contributed by atoms with Crippen LogP contribution in [0.3, 0.4) is 0 Å². The van der Waals surface area contributed by atoms with Crippen LogP contribution in [-0.2, 0) is 14.8 Å². The fourth-order valence-corrected chi connectivity index (χ4v) is 3.94. The largest absolute Gasteiger partial charge is 0.388 e. The van der Waals surface area contributed by atoms with E-state index in [-0.39, 0.29) is 11.9 Å². The molecule has 0 bridgehead atoms. The number of morpholine rings is 1. The van der Waals surface area contributed by atoms with Gasteiger partial charge in [0, 0.05) is 31.5 Å². The van der Waals surface area contributed by atoms with E-state index in [9.17, 15) is 8.42 Å². The summed E-state index contributed by atoms with van der Waals surface area (Å²) in [5.41, 5.74) is 2.61. The minimum absolute atomic E-state index is 0.183. The molecule has 0 saturated carbocycles. The molecule has 0 unspecified atom stereocenters. The Kier molecular flexibility index (Phi) is 5.18. The molecule has 1 aromatic heterocycles. The summed E-state index contributed by atoms with van der Waals surface area (Å²) in [5, 5.41) is 3.08. The molecule has 1 atom stereocenters. The van der Waals surface area contributed by atoms with Crippen molar-refractivity contribution in [3.05, 3.63) is 23.5 Å². The van der Waals surface area contributed by atoms with Gasteiger partial charge in [-0.1, -0.05) is 6.92 Å². The average Bonchev–Trinajstić information content (AvgIpc) is 2.46. The van der Waals surface area contributed by atoms with Crippen LogP contribution in [0.1, 0.15) is 30.8 Å². The van der Waals surface area contributed by atoms with Crippen LogP contribution < -0.4 is 5.32 Å². The SMILES string of the molecule is CCCS(=O)(=O)N1CCO[C@@H](c2cc(NC)cc(C)n2)C1. The van der Waals surface area contributed by atoms with Crippen molar-refractivity contribution in [2.45, 2.75) is 26.4 Å². The maximum absolute atomic E-state index is 12.2. The molecular formula is C14H23N3O3S. The molecule has 0 radical (unpaired) electrons. The van der Waals surface area contributed by atoms with Gasteiger partial charge in [0.25, 0.3) is 0 Å². The molecular weight excluding hydrogens is 290 g/mol. The molecule has 6 nitrogen and oxygen atoms in total. The minimum Gasteiger partial charge on any atom is -0.388 e. The van der Waals surface area contributed by atoms with E-state index in [4.69, 9.17) is 4.74 Å². The second-order valence-corrected chi connectivity index (χ2v) is 7.29. The lowest BCUT2D eigenvalue weighted by Crippen LogP contribution is -2.43. The van der Waals surface area contributed by atoms with Crippen molar-refractivity contribution in [1.82, 2.24) is 9.29 Å². The Morgan fingerprint density at radius 2 is 2.24 bits per heavy atom. The van der Waals surface area contributed by atoms with Gasteiger partial charge in [-0.05, 0) is 25.5 Å². The van der Waals surface area contributed by atoms with Crippen molar-refractivity contribution in [2.75, 3.05) is 37.8 Å². The Balaban J connectivity index is 2.20. The van der Waals surface area contributed by atoms with E-state index in [1.165, 1.54) is 4.31 Å². The maximum atomic E-state index is 12.2. The summed E-state index contributed by atoms with van der Waals surface area (Å²) in [6, 6.07) is 3.85. The third kappa shape index (κ3) is 3.93. The summed E-state index contributed by atoms with van der Waals surface area (Å²) >= 11 is 0. The minimum atomic E-state index is -3.19. The summed E-state index contributed by atoms with van der Waals surface area (Å²) in [6.07, 6.45) is 0.314. The van der Waals surface area contributed by atoms with E-state index in [1.807, 2.05) is 33.0 Å². The highest BCUT2D eigenvalue weighted by molar-refractivity contribution is 7.89. The fraction of sp³-hybridized carbons (Fsp3) is 0.643. The first-order valence-corrected chi connectivity index (χ1v) is 8.83. The zero-order valence-electron chi connectivity index (χ0n) is 12.8. The third-order valence-corrected chi connectivity index (χ3v) is 5.52. The summed E-state index contributed by atoms with van der Waals surface area (Å²) in [7, 11) is -1.34. The van der Waals surface area contributed by atoms with Crippen molar-refractivity contribution < 1.29 is 13.2 Å². The van der Waals surface area contributed by atoms with Crippen molar-refractivity contribution in [3.8, 4) is 0 Å². The lowest BCUT2D eigenvalue weighted by molar-refractivity contribution is -0.00495. The molecule has 0 spiro atoms. The predicted octanol–water partition coefficient (Wildman–Crippen LogP) is 1.54. The van der Waals surface area contributed by atoms with Crippen LogP contribution in [0, 0.1) is 6.92 Å². The van der Waals surface area contributed by atoms with Gasteiger partial charge in [0.15, 0.2) is 0 Å². The molecule has 0 aromatic carbocycles. The first kappa shape index (κ1) is 16.2. The van der Waals surface area contributed by atoms with Crippen molar-refractivity contribution in [2.24, 2.45) is 0 Å². The smallest absolute Gasteiger partial charge is 0.214 e. The third-order valence-electron chi connectivity index (χ3n) is 3.48. The van der Waals surface area contributed by atoms with Gasteiger partial charge in [-0.15, -0.1) is 0 Å². The van der Waals surface area contributed by atoms with Gasteiger partial charge in [0.05, 0.1) is 18.1 Å². The van der Waals surface area contributed by atoms with E-state index in [0.717, 1.165) is 17.1 Å². The van der Waals surface area contributed by atoms with Gasteiger partial charge >= 0.3 is 0 Å². The van der Waals surface area contributed by atoms with Gasteiger partial charge in [-0.25, -0.2) is 8.42 Å². The molecule has 1 aliphatic heterocycles. The second-order valence-electron chi connectivity index (χ2n) is 5.21. The molecule has 0 aliphatic carbocycles. The van der Waals surface area contributed by atoms with Gasteiger partial charge in [-0.3, -0.25) is 4.98 Å². The number of sulfonamides is 1. The van der Waals surface area contributed by atoms with Crippen LogP contribution in [-0.4, -0.2) is 50.2 Å². The van der Waals surface area contributed by atoms with Gasteiger partial charge in [0.2, 0.25) is 10.0 Å². The number of ether oxygens (including phenoxy) is 1. The number of rotatable bonds is 5. The summed E-state index contributed by atoms with van der Waals surface area (Å²) in [4.78, 5) is 4.48. The quantitative estimate of drug-likeness (QED) is 0.893. The average molecular weight is 313 g/mol. The van der Waals surface area contributed by atoms with E-state index in [1.54, 1.807) is 0 Å². The number of hydrogen-bond acceptors (Lipinski definition) is 5. The highest BCUT2D eigenvalue weighted by Gasteiger charge is 2.30. The highest BCUT2D eigenvalue weighted by Crippen LogP contribution is 2.25. The molecule has 7 heteroatoms. The number of hydrogen-bond donors (Lipinski definition) is 1. The zero-order valence-corrected chi connectivity index (χ0v) is 13.6. The van der Waals surface area contributed by atoms with Gasteiger partial charge in [-0.2, -0.15) is 4.31 Å². The van der Waals surface area contributed by atoms with E-state index in [2.05, 4.69) is 10.3 Å². The Labute approximate surface area is 126 Å². The van der Waals surface area contributed by atoms with Crippen molar-refractivity contribution >= 4 is 15.7 Å². The van der Waals surface area contributed by atoms with Crippen LogP contribution in [0.4, 0.5) is 5.69 Å². The standard InChI is InChI=1S/C14H23N3O3S/c1-4-7-21(18,19)17-5-6-20-14(10-17)13-9-12(15-3)8-11(2)16-13/h8-9,14H,4-7,10H2,1-3H3,(H,15,16)/t14-/m1/s1. The van der Waals surface area contributed by atoms with Crippen LogP contribution in [0.2, 0.25) is 0 Å². The molecule has 1 fully saturated rings. The first-order chi connectivity index (χ1) is 9.96. The van der Waals surface area contributed by atoms with Crippen molar-refractivity contribution in [1.29, 1.82) is 0 Å². The van der Waals surface area contributed by atoms with Gasteiger partial charge < -0.3 is 10.1 Å². The molecule has 2 rings (SSSR count). The topological polar surface area (TPSA) is 71.5 Å². The van der Waals surface area contributed by atoms with E-state index < -0.39 is 10.0 Å². The summed E-state index contributed by atoms with van der Waals surface area (Å²) in [5.74, 6) is 0.183. The molecule has 0 amide bonds. The Bertz CT molecular complexity index is 589. The number of nitrogens with one attached hydrogen (secondary N) is 1. The van der Waals surface area contributed by atoms with E-state index in [0.29, 0.717) is 26.1 Å². The van der Waals surface area contributed by atoms with Crippen LogP contribution >= 0.6 is 0 Å². The summed E-state index contributed by atoms with van der Waals surface area (Å²) < 4.78 is 31.6. The fourth-order valence-electron chi connectivity index (χ4n) is 2.45. The monoisotopic (exact) mass is 313 g/mol. The number of nitrogens with zero attached hydrogens (tertiary/aromatic N) is 2. The predicted molar refractivity (Wildman–Crippen MR) is 82.9 cm³/mol. The summed E-state index contributed by atoms with van der Waals surface area (Å²) in [6.45, 7) is 4.94. The highest BCUT2D eigenvalue weighted by atomic mass is 32.2. The molecule has 118 valence electrons. The van der Waals surface area contributed by atoms with Crippen LogP contribution in [0.25, 0.3) is 0 Å². The zero-order chi connectivity index (χ0) is 15.5. The molecule has 1 aliphatic rings. The Morgan fingerprint density at radius 1 is 1.48 bits per heavy atom. The van der Waals surface area contributed by atoms with Crippen molar-refractivity contribution in [3.63, 3.8) is 0 Å². The van der Waals surface area contributed by atoms with Gasteiger partial charge in [0.1, 0.15) is 6.10 Å². The Hall–Kier alpha value is -1.18. The Morgan fingerprint density at radius 3 is 2.90 bits per heavy atom. The van der Waals surface area contributed by atoms with E-state index >= 15 is 0 Å². The second kappa shape index (κ2) is 6.72. The maximum Gasteiger partial charge on any atom is 0.214 e. The number of pyridine rings is 1. The lowest BCUT2D eigenvalue weighted by Gasteiger charge is -2.32. The van der Waals surface area contributed by atoms with Crippen LogP contribution in [0.5, 0.6) is 0 Å². The lowest BCUT2D eigenvalue weighted by atomic mass is 10.1. The molecule has 2 heterocycles. The molecule has 1 aromatic rings. The molecule has 1 N–H and O–H groups in total. The normalized spacial score (nSPS) is 20.4. The number of anilines is 1. The van der Waals surface area contributed by atoms with Crippen LogP contribution in [0.15, 0.2) is 12.1 Å². The first-order valence-electron chi connectivity index (χ1n) is 7.22.